The van der Waals surface area contributed by atoms with Crippen LogP contribution < -0.4 is 0 Å². The van der Waals surface area contributed by atoms with Crippen LogP contribution >= 0.6 is 0 Å². The van der Waals surface area contributed by atoms with Crippen LogP contribution in [0.5, 0.6) is 0 Å². The summed E-state index contributed by atoms with van der Waals surface area (Å²) >= 11 is 0. The normalized spacial score (nSPS) is 23.0. The van der Waals surface area contributed by atoms with E-state index in [0.717, 1.165) is 51.4 Å². The van der Waals surface area contributed by atoms with Gasteiger partial charge in [-0.25, -0.2) is 0 Å². The van der Waals surface area contributed by atoms with Gasteiger partial charge in [-0.1, -0.05) is 67.2 Å². The molecule has 0 saturated heterocycles. The summed E-state index contributed by atoms with van der Waals surface area (Å²) in [4.78, 5) is 22.4. The van der Waals surface area contributed by atoms with Crippen molar-refractivity contribution in [3.63, 3.8) is 0 Å². The summed E-state index contributed by atoms with van der Waals surface area (Å²) in [5, 5.41) is 0.313. The van der Waals surface area contributed by atoms with Crippen LogP contribution in [0.2, 0.25) is 36.3 Å². The fourth-order valence-corrected chi connectivity index (χ4v) is 7.59. The van der Waals surface area contributed by atoms with Crippen molar-refractivity contribution in [2.75, 3.05) is 7.11 Å². The average molecular weight is 726 g/mol. The van der Waals surface area contributed by atoms with Crippen molar-refractivity contribution in [3.05, 3.63) is 0 Å². The van der Waals surface area contributed by atoms with Gasteiger partial charge in [0.2, 0.25) is 0 Å². The third-order valence-corrected chi connectivity index (χ3v) is 18.2. The van der Waals surface area contributed by atoms with Gasteiger partial charge in [0.25, 0.3) is 0 Å². The van der Waals surface area contributed by atoms with Gasteiger partial charge in [-0.3, -0.25) is 11.1 Å². The summed E-state index contributed by atoms with van der Waals surface area (Å²) in [6.07, 6.45) is 11.6. The van der Waals surface area contributed by atoms with Crippen molar-refractivity contribution in [1.82, 2.24) is 0 Å². The Labute approximate surface area is 245 Å². The Bertz CT molecular complexity index is 685. The molecule has 0 aromatic carbocycles. The Kier molecular flexibility index (Phi) is 15.9. The number of hydrogen-bond donors (Lipinski definition) is 0. The number of rotatable bonds is 15. The van der Waals surface area contributed by atoms with Crippen molar-refractivity contribution >= 4 is 28.9 Å². The molecule has 1 saturated carbocycles. The summed E-state index contributed by atoms with van der Waals surface area (Å²) < 4.78 is 19.0. The number of carbonyl (C=O) groups excluding carboxylic acids is 2. The van der Waals surface area contributed by atoms with Gasteiger partial charge in [0.1, 0.15) is 0 Å². The van der Waals surface area contributed by atoms with Gasteiger partial charge < -0.3 is 18.4 Å². The first-order valence-electron chi connectivity index (χ1n) is 14.2. The van der Waals surface area contributed by atoms with E-state index in [4.69, 9.17) is 13.6 Å². The van der Waals surface area contributed by atoms with Gasteiger partial charge in [0.15, 0.2) is 16.6 Å². The van der Waals surface area contributed by atoms with E-state index in [0.29, 0.717) is 24.7 Å². The summed E-state index contributed by atoms with van der Waals surface area (Å²) in [6.45, 7) is 23.3. The molecule has 4 unspecified atom stereocenters. The average Bonchev–Trinajstić information content (AvgIpc) is 3.03. The topological polar surface area (TPSA) is 61.8 Å². The van der Waals surface area contributed by atoms with Gasteiger partial charge in [-0.05, 0) is 73.8 Å². The van der Waals surface area contributed by atoms with Gasteiger partial charge in [-0.2, -0.15) is 6.42 Å². The van der Waals surface area contributed by atoms with Crippen LogP contribution in [0.1, 0.15) is 106 Å². The predicted octanol–water partition coefficient (Wildman–Crippen LogP) is 8.19. The van der Waals surface area contributed by atoms with E-state index < -0.39 is 16.6 Å². The molecule has 4 atom stereocenters. The monoisotopic (exact) mass is 725 g/mol. The molecule has 216 valence electrons. The van der Waals surface area contributed by atoms with E-state index in [-0.39, 0.29) is 49.3 Å². The Morgan fingerprint density at radius 3 is 1.62 bits per heavy atom. The van der Waals surface area contributed by atoms with E-state index in [2.05, 4.69) is 74.0 Å². The molecule has 37 heavy (non-hydrogen) atoms. The maximum atomic E-state index is 11.4. The minimum Gasteiger partial charge on any atom is -0.542 e. The van der Waals surface area contributed by atoms with Crippen LogP contribution in [0, 0.1) is 11.8 Å². The van der Waals surface area contributed by atoms with Crippen molar-refractivity contribution in [1.29, 1.82) is 0 Å². The molecule has 0 amide bonds. The van der Waals surface area contributed by atoms with Crippen LogP contribution in [-0.2, 0) is 44.2 Å². The molecule has 0 bridgehead atoms. The SMILES string of the molecule is COC(=O)CCCCCCC1C(O[Si](C)(C)C(C)(C)C)CC(O[Si](C)(C)C(C)(C)C)C1CCC[C-]=O.[W+2]. The second-order valence-corrected chi connectivity index (χ2v) is 23.5. The standard InChI is InChI=1S/C29H57O5Si2.W/c1-28(2,3)35(8,9)33-25-22-26(34-36(10,11)29(4,5)6)24(19-16-17-21-30)23(25)18-14-12-13-15-20-27(31)32-7;/h23-26H,12-20,22H2,1-11H3;/q-1;+2. The first kappa shape index (κ1) is 37.2. The number of methoxy groups -OCH3 is 1. The number of ether oxygens (including phenoxy) is 1. The molecule has 0 spiro atoms. The summed E-state index contributed by atoms with van der Waals surface area (Å²) in [5.74, 6) is 0.741. The van der Waals surface area contributed by atoms with Crippen LogP contribution in [-0.4, -0.2) is 48.2 Å². The summed E-state index contributed by atoms with van der Waals surface area (Å²) in [7, 11) is -2.43. The van der Waals surface area contributed by atoms with Gasteiger partial charge in [0.05, 0.1) is 19.3 Å². The second-order valence-electron chi connectivity index (χ2n) is 14.0. The quantitative estimate of drug-likeness (QED) is 0.0738. The Morgan fingerprint density at radius 1 is 0.784 bits per heavy atom. The minimum absolute atomic E-state index is 0. The first-order valence-corrected chi connectivity index (χ1v) is 20.1. The van der Waals surface area contributed by atoms with Gasteiger partial charge in [0, 0.05) is 6.42 Å². The molecule has 0 aromatic rings. The predicted molar refractivity (Wildman–Crippen MR) is 155 cm³/mol. The summed E-state index contributed by atoms with van der Waals surface area (Å²) in [5.41, 5.74) is 0. The molecular weight excluding hydrogens is 668 g/mol. The third kappa shape index (κ3) is 11.7. The molecule has 0 aromatic heterocycles. The molecular formula is C29H57O5Si2W+. The molecule has 8 heteroatoms. The number of esters is 1. The number of carbonyl (C=O) groups is 1. The molecule has 0 heterocycles. The molecule has 5 nitrogen and oxygen atoms in total. The smallest absolute Gasteiger partial charge is 0.542 e. The molecule has 0 aliphatic heterocycles. The number of unbranched alkanes of at least 4 members (excludes halogenated alkanes) is 4. The number of hydrogen-bond acceptors (Lipinski definition) is 5. The van der Waals surface area contributed by atoms with Crippen molar-refractivity contribution in [2.45, 2.75) is 154 Å². The zero-order valence-corrected chi connectivity index (χ0v) is 30.8. The zero-order chi connectivity index (χ0) is 27.8. The molecule has 1 fully saturated rings. The molecule has 1 aliphatic carbocycles. The molecule has 0 radical (unpaired) electrons. The van der Waals surface area contributed by atoms with Crippen LogP contribution in [0.3, 0.4) is 0 Å². The fourth-order valence-electron chi connectivity index (χ4n) is 4.83. The zero-order valence-electron chi connectivity index (χ0n) is 25.8. The van der Waals surface area contributed by atoms with E-state index in [9.17, 15) is 9.59 Å². The summed E-state index contributed by atoms with van der Waals surface area (Å²) in [6, 6.07) is 0. The molecule has 0 N–H and O–H groups in total. The van der Waals surface area contributed by atoms with E-state index in [1.807, 2.05) is 0 Å². The van der Waals surface area contributed by atoms with Gasteiger partial charge >= 0.3 is 27.0 Å². The second kappa shape index (κ2) is 15.8. The fraction of sp³-hybridized carbons (Fsp3) is 0.931. The van der Waals surface area contributed by atoms with Crippen LogP contribution in [0.15, 0.2) is 0 Å². The molecule has 1 rings (SSSR count). The van der Waals surface area contributed by atoms with E-state index in [1.54, 1.807) is 0 Å². The van der Waals surface area contributed by atoms with E-state index >= 15 is 0 Å². The Morgan fingerprint density at radius 2 is 1.22 bits per heavy atom. The Balaban J connectivity index is 0.0000130. The van der Waals surface area contributed by atoms with Crippen molar-refractivity contribution < 1.29 is 44.2 Å². The minimum atomic E-state index is -1.94. The van der Waals surface area contributed by atoms with Crippen molar-refractivity contribution in [2.24, 2.45) is 11.8 Å². The third-order valence-electron chi connectivity index (χ3n) is 9.19. The van der Waals surface area contributed by atoms with Crippen molar-refractivity contribution in [3.8, 4) is 0 Å². The maximum Gasteiger partial charge on any atom is 2.00 e. The largest absolute Gasteiger partial charge is 2.00 e. The van der Waals surface area contributed by atoms with Gasteiger partial charge in [-0.15, -0.1) is 0 Å². The Hall–Kier alpha value is 0.182. The van der Waals surface area contributed by atoms with E-state index in [1.165, 1.54) is 7.11 Å². The molecule has 1 aliphatic rings. The first-order chi connectivity index (χ1) is 16.5. The van der Waals surface area contributed by atoms with Crippen LogP contribution in [0.4, 0.5) is 0 Å². The van der Waals surface area contributed by atoms with Crippen LogP contribution in [0.25, 0.3) is 0 Å². The maximum absolute atomic E-state index is 11.4.